The Hall–Kier alpha value is -2.22. The summed E-state index contributed by atoms with van der Waals surface area (Å²) in [7, 11) is 0.122. The molecule has 0 atom stereocenters. The second-order valence-corrected chi connectivity index (χ2v) is 10.7. The van der Waals surface area contributed by atoms with Crippen LogP contribution in [0.3, 0.4) is 0 Å². The normalized spacial score (nSPS) is 15.1. The van der Waals surface area contributed by atoms with E-state index in [0.29, 0.717) is 12.1 Å². The number of fused-ring (bicyclic) bond motifs is 2. The molecule has 2 aromatic heterocycles. The molecule has 1 amide bonds. The van der Waals surface area contributed by atoms with E-state index in [1.54, 1.807) is 12.1 Å². The Bertz CT molecular complexity index is 1420. The van der Waals surface area contributed by atoms with Crippen LogP contribution >= 0.6 is 0 Å². The van der Waals surface area contributed by atoms with Gasteiger partial charge in [0.2, 0.25) is 5.91 Å². The van der Waals surface area contributed by atoms with Gasteiger partial charge in [0.05, 0.1) is 11.4 Å². The number of rotatable bonds is 3. The first-order valence-electron chi connectivity index (χ1n) is 12.3. The molecule has 2 aliphatic rings. The second-order valence-electron chi connectivity index (χ2n) is 9.20. The number of aromatic nitrogens is 2. The molecule has 0 unspecified atom stereocenters. The molecule has 0 bridgehead atoms. The number of hydrogen-bond donors (Lipinski definition) is 1. The van der Waals surface area contributed by atoms with Gasteiger partial charge in [-0.3, -0.25) is 9.08 Å². The van der Waals surface area contributed by atoms with Crippen LogP contribution in [-0.4, -0.2) is 35.1 Å². The third kappa shape index (κ3) is 9.43. The first-order chi connectivity index (χ1) is 18.0. The first-order valence-corrected chi connectivity index (χ1v) is 13.7. The molecule has 1 N–H and O–H groups in total. The molecule has 3 heterocycles. The maximum Gasteiger partial charge on any atom is 1.00 e. The van der Waals surface area contributed by atoms with Crippen molar-refractivity contribution in [3.63, 3.8) is 0 Å². The maximum absolute atomic E-state index is 12.2. The molecule has 12 heteroatoms. The molecule has 10 nitrogen and oxygen atoms in total. The van der Waals surface area contributed by atoms with E-state index in [-0.39, 0.29) is 62.2 Å². The maximum atomic E-state index is 12.2. The number of nitrogens with one attached hydrogen (secondary N) is 1. The molecule has 5 rings (SSSR count). The molecule has 1 aromatic carbocycles. The summed E-state index contributed by atoms with van der Waals surface area (Å²) in [5.74, 6) is -0.944. The second kappa shape index (κ2) is 15.0. The van der Waals surface area contributed by atoms with E-state index in [1.165, 1.54) is 23.5 Å². The minimum atomic E-state index is -3.87. The van der Waals surface area contributed by atoms with Gasteiger partial charge in [-0.2, -0.15) is 8.42 Å². The number of aliphatic carboxylic acids is 1. The van der Waals surface area contributed by atoms with Gasteiger partial charge in [0, 0.05) is 55.8 Å². The smallest absolute Gasteiger partial charge is 0.550 e. The van der Waals surface area contributed by atoms with Gasteiger partial charge < -0.3 is 24.4 Å². The Labute approximate surface area is 272 Å². The monoisotopic (exact) mass is 580 g/mol. The molecule has 0 saturated heterocycles. The third-order valence-corrected chi connectivity index (χ3v) is 7.31. The Balaban J connectivity index is 0.000000264. The molecule has 0 radical (unpaired) electrons. The summed E-state index contributed by atoms with van der Waals surface area (Å²) >= 11 is 0. The standard InChI is InChI=1S/C16H18N2O3S.C9H12N2O.C2H4O2.K/c1-12-6-8-13(9-7-12)22(19,20)21-17-15-4-3-5-16-14(15)10-11-18(16)2;1-11-6-5-7-8(11)3-2-4-9(12)10-7;1-2(3)4;/h6-11H,3-5H2,1-2H3;5-6H,2-4H2,1H3,(H,10,12);1H3,(H,3,4);/q;;;+1/p-1/b17-15+;;;. The average Bonchev–Trinajstić information content (AvgIpc) is 3.34. The number of oxime groups is 1. The van der Waals surface area contributed by atoms with Crippen molar-refractivity contribution in [3.8, 4) is 0 Å². The van der Waals surface area contributed by atoms with E-state index in [0.717, 1.165) is 55.8 Å². The zero-order valence-electron chi connectivity index (χ0n) is 23.1. The van der Waals surface area contributed by atoms with Crippen molar-refractivity contribution >= 4 is 33.4 Å². The van der Waals surface area contributed by atoms with Crippen LogP contribution in [0.15, 0.2) is 58.8 Å². The van der Waals surface area contributed by atoms with Crippen molar-refractivity contribution in [2.45, 2.75) is 57.3 Å². The predicted molar refractivity (Wildman–Crippen MR) is 142 cm³/mol. The number of aryl methyl sites for hydroxylation is 3. The number of carbonyl (C=O) groups excluding carboxylic acids is 2. The van der Waals surface area contributed by atoms with Crippen molar-refractivity contribution in [3.05, 3.63) is 71.3 Å². The SMILES string of the molecule is CC(=O)[O-].Cc1ccc(S(=O)(=O)O/N=C2\CCCc3c2ccn3C)cc1.Cn1ccc2c1CCCC(=O)N2.[K+]. The van der Waals surface area contributed by atoms with Gasteiger partial charge in [0.1, 0.15) is 4.90 Å². The van der Waals surface area contributed by atoms with E-state index in [4.69, 9.17) is 14.2 Å². The van der Waals surface area contributed by atoms with Crippen LogP contribution in [0.2, 0.25) is 0 Å². The van der Waals surface area contributed by atoms with Crippen LogP contribution in [0.25, 0.3) is 0 Å². The van der Waals surface area contributed by atoms with Gasteiger partial charge in [-0.25, -0.2) is 0 Å². The number of benzene rings is 1. The number of nitrogens with zero attached hydrogens (tertiary/aromatic N) is 3. The van der Waals surface area contributed by atoms with Crippen LogP contribution in [-0.2, 0) is 50.9 Å². The van der Waals surface area contributed by atoms with Crippen molar-refractivity contribution in [1.29, 1.82) is 0 Å². The molecule has 39 heavy (non-hydrogen) atoms. The fourth-order valence-corrected chi connectivity index (χ4v) is 4.99. The average molecular weight is 581 g/mol. The summed E-state index contributed by atoms with van der Waals surface area (Å²) in [5.41, 5.74) is 6.05. The number of hydrogen-bond acceptors (Lipinski definition) is 7. The van der Waals surface area contributed by atoms with Gasteiger partial charge in [0.15, 0.2) is 0 Å². The number of amides is 1. The Morgan fingerprint density at radius 3 is 2.18 bits per heavy atom. The quantitative estimate of drug-likeness (QED) is 0.338. The van der Waals surface area contributed by atoms with Crippen molar-refractivity contribution < 1.29 is 78.8 Å². The molecule has 1 aliphatic carbocycles. The van der Waals surface area contributed by atoms with Crippen LogP contribution in [0.4, 0.5) is 5.69 Å². The summed E-state index contributed by atoms with van der Waals surface area (Å²) < 4.78 is 33.4. The van der Waals surface area contributed by atoms with Crippen LogP contribution in [0, 0.1) is 6.92 Å². The van der Waals surface area contributed by atoms with Crippen LogP contribution < -0.4 is 61.8 Å². The van der Waals surface area contributed by atoms with Crippen molar-refractivity contribution in [1.82, 2.24) is 9.13 Å². The third-order valence-electron chi connectivity index (χ3n) is 6.19. The fraction of sp³-hybridized carbons (Fsp3) is 0.370. The zero-order valence-corrected chi connectivity index (χ0v) is 27.0. The summed E-state index contributed by atoms with van der Waals surface area (Å²) in [4.78, 5) is 20.1. The first kappa shape index (κ1) is 33.0. The van der Waals surface area contributed by atoms with Gasteiger partial charge in [-0.05, 0) is 70.2 Å². The fourth-order valence-electron chi connectivity index (χ4n) is 4.25. The molecular formula is C27H33KN4O6S. The number of carbonyl (C=O) groups is 2. The minimum absolute atomic E-state index is 0. The van der Waals surface area contributed by atoms with Gasteiger partial charge >= 0.3 is 61.5 Å². The molecule has 0 spiro atoms. The van der Waals surface area contributed by atoms with E-state index in [2.05, 4.69) is 15.0 Å². The molecule has 0 fully saturated rings. The van der Waals surface area contributed by atoms with Crippen LogP contribution in [0.5, 0.6) is 0 Å². The minimum Gasteiger partial charge on any atom is -0.550 e. The summed E-state index contributed by atoms with van der Waals surface area (Å²) in [6.45, 7) is 2.87. The Morgan fingerprint density at radius 1 is 0.949 bits per heavy atom. The predicted octanol–water partition coefficient (Wildman–Crippen LogP) is -0.160. The van der Waals surface area contributed by atoms with Gasteiger partial charge in [-0.15, -0.1) is 0 Å². The summed E-state index contributed by atoms with van der Waals surface area (Å²) in [5, 5.41) is 15.7. The molecular weight excluding hydrogens is 547 g/mol. The summed E-state index contributed by atoms with van der Waals surface area (Å²) in [6.07, 6.45) is 9.18. The zero-order chi connectivity index (χ0) is 27.9. The molecule has 1 aliphatic heterocycles. The van der Waals surface area contributed by atoms with E-state index in [9.17, 15) is 13.2 Å². The van der Waals surface area contributed by atoms with E-state index in [1.807, 2.05) is 50.1 Å². The Morgan fingerprint density at radius 2 is 1.51 bits per heavy atom. The van der Waals surface area contributed by atoms with Crippen LogP contribution in [0.1, 0.15) is 55.1 Å². The number of anilines is 1. The van der Waals surface area contributed by atoms with Gasteiger partial charge in [-0.1, -0.05) is 22.9 Å². The largest absolute Gasteiger partial charge is 1.00 e. The van der Waals surface area contributed by atoms with Crippen molar-refractivity contribution in [2.75, 3.05) is 5.32 Å². The molecule has 204 valence electrons. The molecule has 3 aromatic rings. The topological polar surface area (TPSA) is 135 Å². The Kier molecular flexibility index (Phi) is 12.7. The van der Waals surface area contributed by atoms with E-state index >= 15 is 0 Å². The summed E-state index contributed by atoms with van der Waals surface area (Å²) in [6, 6.07) is 10.4. The van der Waals surface area contributed by atoms with E-state index < -0.39 is 16.1 Å². The van der Waals surface area contributed by atoms with Crippen molar-refractivity contribution in [2.24, 2.45) is 19.3 Å². The van der Waals surface area contributed by atoms with Gasteiger partial charge in [0.25, 0.3) is 0 Å². The number of carboxylic acid groups (broad SMARTS) is 1. The number of carboxylic acids is 1. The molecule has 0 saturated carbocycles.